The maximum absolute atomic E-state index is 12.5. The Morgan fingerprint density at radius 2 is 1.81 bits per heavy atom. The zero-order valence-electron chi connectivity index (χ0n) is 9.64. The number of hydrogen-bond donors (Lipinski definition) is 0. The first kappa shape index (κ1) is 15.0. The molecule has 0 aromatic carbocycles. The zero-order valence-corrected chi connectivity index (χ0v) is 10.6. The van der Waals surface area contributed by atoms with E-state index in [2.05, 4.69) is 4.74 Å². The van der Waals surface area contributed by atoms with Gasteiger partial charge in [-0.3, -0.25) is 0 Å². The molecule has 16 heavy (non-hydrogen) atoms. The van der Waals surface area contributed by atoms with Gasteiger partial charge in [0.15, 0.2) is 5.76 Å². The fraction of sp³-hybridized carbons (Fsp3) is 0.667. The van der Waals surface area contributed by atoms with Crippen LogP contribution in [0.5, 0.6) is 0 Å². The Balaban J connectivity index is 4.89. The smallest absolute Gasteiger partial charge is 0.447 e. The van der Waals surface area contributed by atoms with Crippen LogP contribution in [0.3, 0.4) is 0 Å². The van der Waals surface area contributed by atoms with E-state index >= 15 is 0 Å². The Bertz CT molecular complexity index is 279. The third kappa shape index (κ3) is 6.49. The van der Waals surface area contributed by atoms with Crippen molar-refractivity contribution in [1.82, 2.24) is 0 Å². The molecule has 0 spiro atoms. The summed E-state index contributed by atoms with van der Waals surface area (Å²) in [4.78, 5) is 10.9. The van der Waals surface area contributed by atoms with Gasteiger partial charge in [0, 0.05) is 0 Å². The summed E-state index contributed by atoms with van der Waals surface area (Å²) in [7, 11) is -2.42. The van der Waals surface area contributed by atoms with Gasteiger partial charge in [-0.15, -0.1) is 0 Å². The molecule has 0 atom stereocenters. The number of carbonyl (C=O) groups is 1. The summed E-state index contributed by atoms with van der Waals surface area (Å²) in [5.74, 6) is -2.34. The van der Waals surface area contributed by atoms with Gasteiger partial charge in [-0.2, -0.15) is 13.2 Å². The third-order valence-electron chi connectivity index (χ3n) is 1.23. The minimum absolute atomic E-state index is 0.0212. The summed E-state index contributed by atoms with van der Waals surface area (Å²) < 4.78 is 46.6. The molecule has 0 aromatic rings. The fourth-order valence-corrected chi connectivity index (χ4v) is 1.62. The van der Waals surface area contributed by atoms with Crippen molar-refractivity contribution < 1.29 is 27.1 Å². The van der Waals surface area contributed by atoms with Crippen LogP contribution in [-0.4, -0.2) is 27.1 Å². The van der Waals surface area contributed by atoms with E-state index in [1.807, 2.05) is 0 Å². The number of halogens is 3. The molecule has 0 bridgehead atoms. The highest BCUT2D eigenvalue weighted by molar-refractivity contribution is 6.70. The molecule has 3 nitrogen and oxygen atoms in total. The highest BCUT2D eigenvalue weighted by atomic mass is 28.4. The van der Waals surface area contributed by atoms with Crippen LogP contribution in [-0.2, 0) is 14.0 Å². The number of carbonyl (C=O) groups excluding carboxylic acids is 1. The van der Waals surface area contributed by atoms with Crippen molar-refractivity contribution in [2.24, 2.45) is 0 Å². The van der Waals surface area contributed by atoms with Gasteiger partial charge in [-0.25, -0.2) is 4.79 Å². The molecule has 0 aliphatic carbocycles. The second-order valence-corrected chi connectivity index (χ2v) is 8.40. The van der Waals surface area contributed by atoms with Gasteiger partial charge in [-0.05, 0) is 26.6 Å². The number of hydrogen-bond acceptors (Lipinski definition) is 3. The summed E-state index contributed by atoms with van der Waals surface area (Å²) in [6.45, 7) is 6.32. The molecule has 0 aliphatic rings. The van der Waals surface area contributed by atoms with Crippen molar-refractivity contribution in [3.05, 3.63) is 11.8 Å². The number of alkyl halides is 3. The topological polar surface area (TPSA) is 35.5 Å². The van der Waals surface area contributed by atoms with Crippen LogP contribution < -0.4 is 0 Å². The van der Waals surface area contributed by atoms with Gasteiger partial charge in [-0.1, -0.05) is 0 Å². The Hall–Kier alpha value is -0.983. The lowest BCUT2D eigenvalue weighted by Gasteiger charge is -2.22. The van der Waals surface area contributed by atoms with Crippen LogP contribution in [0.4, 0.5) is 13.2 Å². The average Bonchev–Trinajstić information content (AvgIpc) is 1.98. The summed E-state index contributed by atoms with van der Waals surface area (Å²) >= 11 is 0. The maximum Gasteiger partial charge on any atom is 0.447 e. The van der Waals surface area contributed by atoms with E-state index < -0.39 is 26.2 Å². The molecule has 7 heteroatoms. The normalized spacial score (nSPS) is 13.6. The summed E-state index contributed by atoms with van der Waals surface area (Å²) in [5.41, 5.74) is 0. The number of ether oxygens (including phenoxy) is 1. The largest absolute Gasteiger partial charge is 0.541 e. The lowest BCUT2D eigenvalue weighted by Crippen LogP contribution is -2.30. The average molecular weight is 256 g/mol. The maximum atomic E-state index is 12.5. The lowest BCUT2D eigenvalue weighted by atomic mass is 10.4. The van der Waals surface area contributed by atoms with E-state index in [-0.39, 0.29) is 6.61 Å². The first-order chi connectivity index (χ1) is 7.06. The van der Waals surface area contributed by atoms with E-state index in [0.29, 0.717) is 6.08 Å². The monoisotopic (exact) mass is 256 g/mol. The molecule has 0 aromatic heterocycles. The van der Waals surface area contributed by atoms with Crippen molar-refractivity contribution in [3.8, 4) is 0 Å². The van der Waals surface area contributed by atoms with Crippen LogP contribution in [0.1, 0.15) is 6.92 Å². The van der Waals surface area contributed by atoms with Crippen molar-refractivity contribution in [3.63, 3.8) is 0 Å². The molecule has 94 valence electrons. The van der Waals surface area contributed by atoms with E-state index in [1.165, 1.54) is 6.92 Å². The first-order valence-electron chi connectivity index (χ1n) is 4.71. The molecule has 0 radical (unpaired) electrons. The van der Waals surface area contributed by atoms with E-state index in [1.54, 1.807) is 19.6 Å². The minimum Gasteiger partial charge on any atom is -0.541 e. The molecule has 0 heterocycles. The number of allylic oxidation sites excluding steroid dienone is 1. The second-order valence-electron chi connectivity index (χ2n) is 3.97. The van der Waals surface area contributed by atoms with Gasteiger partial charge in [0.2, 0.25) is 8.32 Å². The lowest BCUT2D eigenvalue weighted by molar-refractivity contribution is -0.140. The van der Waals surface area contributed by atoms with E-state index in [4.69, 9.17) is 4.43 Å². The minimum atomic E-state index is -4.67. The van der Waals surface area contributed by atoms with Crippen LogP contribution >= 0.6 is 0 Å². The first-order valence-corrected chi connectivity index (χ1v) is 8.11. The summed E-state index contributed by atoms with van der Waals surface area (Å²) in [6, 6.07) is 0. The molecule has 0 amide bonds. The third-order valence-corrected chi connectivity index (χ3v) is 2.06. The number of rotatable bonds is 4. The Kier molecular flexibility index (Phi) is 5.05. The van der Waals surface area contributed by atoms with E-state index in [0.717, 1.165) is 0 Å². The van der Waals surface area contributed by atoms with Crippen molar-refractivity contribution in [1.29, 1.82) is 0 Å². The highest BCUT2D eigenvalue weighted by Crippen LogP contribution is 2.29. The van der Waals surface area contributed by atoms with Gasteiger partial charge in [0.25, 0.3) is 0 Å². The quantitative estimate of drug-likeness (QED) is 0.336. The fourth-order valence-electron chi connectivity index (χ4n) is 0.790. The zero-order chi connectivity index (χ0) is 13.0. The van der Waals surface area contributed by atoms with E-state index in [9.17, 15) is 18.0 Å². The molecule has 0 unspecified atom stereocenters. The van der Waals surface area contributed by atoms with Crippen LogP contribution in [0, 0.1) is 0 Å². The molecule has 0 fully saturated rings. The van der Waals surface area contributed by atoms with Crippen molar-refractivity contribution in [2.45, 2.75) is 32.7 Å². The Labute approximate surface area is 93.4 Å². The SMILES string of the molecule is CCOC(=O)C=C(O[Si](C)(C)C)C(F)(F)F. The van der Waals surface area contributed by atoms with Crippen LogP contribution in [0.15, 0.2) is 11.8 Å². The molecular formula is C9H15F3O3Si. The second kappa shape index (κ2) is 5.38. The van der Waals surface area contributed by atoms with Gasteiger partial charge < -0.3 is 9.16 Å². The molecular weight excluding hydrogens is 241 g/mol. The highest BCUT2D eigenvalue weighted by Gasteiger charge is 2.39. The molecule has 0 rings (SSSR count). The summed E-state index contributed by atoms with van der Waals surface area (Å²) in [6.07, 6.45) is -4.32. The summed E-state index contributed by atoms with van der Waals surface area (Å²) in [5, 5.41) is 0. The Morgan fingerprint density at radius 1 is 1.31 bits per heavy atom. The van der Waals surface area contributed by atoms with Crippen LogP contribution in [0.2, 0.25) is 19.6 Å². The number of esters is 1. The standard InChI is InChI=1S/C9H15F3O3Si/c1-5-14-8(13)6-7(9(10,11)12)15-16(2,3)4/h6H,5H2,1-4H3. The van der Waals surface area contributed by atoms with Crippen molar-refractivity contribution >= 4 is 14.3 Å². The predicted octanol–water partition coefficient (Wildman–Crippen LogP) is 2.85. The molecule has 0 saturated carbocycles. The van der Waals surface area contributed by atoms with Crippen LogP contribution in [0.25, 0.3) is 0 Å². The van der Waals surface area contributed by atoms with Gasteiger partial charge in [0.1, 0.15) is 0 Å². The Morgan fingerprint density at radius 3 is 2.12 bits per heavy atom. The van der Waals surface area contributed by atoms with Gasteiger partial charge >= 0.3 is 12.1 Å². The molecule has 0 aliphatic heterocycles. The molecule has 0 saturated heterocycles. The van der Waals surface area contributed by atoms with Crippen molar-refractivity contribution in [2.75, 3.05) is 6.61 Å². The van der Waals surface area contributed by atoms with Gasteiger partial charge in [0.05, 0.1) is 12.7 Å². The predicted molar refractivity (Wildman–Crippen MR) is 55.2 cm³/mol. The molecule has 0 N–H and O–H groups in total.